The average Bonchev–Trinajstić information content (AvgIpc) is 2.36. The zero-order chi connectivity index (χ0) is 13.0. The Morgan fingerprint density at radius 2 is 1.72 bits per heavy atom. The Balaban J connectivity index is 2.14. The smallest absolute Gasteiger partial charge is 0.0462 e. The number of hydrogen-bond donors (Lipinski definition) is 1. The third-order valence-corrected chi connectivity index (χ3v) is 4.00. The van der Waals surface area contributed by atoms with Crippen molar-refractivity contribution in [1.29, 1.82) is 0 Å². The summed E-state index contributed by atoms with van der Waals surface area (Å²) >= 11 is 7.98. The van der Waals surface area contributed by atoms with Crippen LogP contribution in [-0.4, -0.2) is 7.05 Å². The van der Waals surface area contributed by atoms with Crippen molar-refractivity contribution in [3.63, 3.8) is 0 Å². The molecule has 0 saturated carbocycles. The van der Waals surface area contributed by atoms with Crippen molar-refractivity contribution >= 4 is 23.4 Å². The summed E-state index contributed by atoms with van der Waals surface area (Å²) in [5, 5.41) is 3.93. The second-order valence-corrected chi connectivity index (χ2v) is 5.75. The maximum absolute atomic E-state index is 6.25. The first-order valence-electron chi connectivity index (χ1n) is 5.86. The third kappa shape index (κ3) is 3.52. The van der Waals surface area contributed by atoms with Gasteiger partial charge in [0.1, 0.15) is 0 Å². The summed E-state index contributed by atoms with van der Waals surface area (Å²) in [6.07, 6.45) is 0. The van der Waals surface area contributed by atoms with Gasteiger partial charge in [-0.3, -0.25) is 0 Å². The van der Waals surface area contributed by atoms with Crippen LogP contribution in [-0.2, 0) is 6.54 Å². The van der Waals surface area contributed by atoms with Crippen molar-refractivity contribution in [3.8, 4) is 0 Å². The standard InChI is InChI=1S/C15H16ClNS/c1-11-3-6-13(7-4-11)18-14-8-5-12(10-17-2)15(16)9-14/h3-9,17H,10H2,1-2H3. The molecule has 3 heteroatoms. The van der Waals surface area contributed by atoms with Crippen molar-refractivity contribution < 1.29 is 0 Å². The number of rotatable bonds is 4. The van der Waals surface area contributed by atoms with Gasteiger partial charge in [0, 0.05) is 21.4 Å². The quantitative estimate of drug-likeness (QED) is 0.882. The number of halogens is 1. The Labute approximate surface area is 118 Å². The van der Waals surface area contributed by atoms with Gasteiger partial charge < -0.3 is 5.32 Å². The molecule has 0 radical (unpaired) electrons. The first-order chi connectivity index (χ1) is 8.69. The van der Waals surface area contributed by atoms with Gasteiger partial charge >= 0.3 is 0 Å². The van der Waals surface area contributed by atoms with Crippen LogP contribution in [0.15, 0.2) is 52.3 Å². The van der Waals surface area contributed by atoms with Crippen LogP contribution < -0.4 is 5.32 Å². The Bertz CT molecular complexity index is 523. The van der Waals surface area contributed by atoms with Gasteiger partial charge in [0.05, 0.1) is 0 Å². The lowest BCUT2D eigenvalue weighted by atomic mass is 10.2. The minimum Gasteiger partial charge on any atom is -0.316 e. The van der Waals surface area contributed by atoms with E-state index in [9.17, 15) is 0 Å². The normalized spacial score (nSPS) is 10.6. The Hall–Kier alpha value is -0.960. The molecule has 0 aliphatic carbocycles. The van der Waals surface area contributed by atoms with Crippen LogP contribution in [0.1, 0.15) is 11.1 Å². The molecular weight excluding hydrogens is 262 g/mol. The molecule has 0 aliphatic rings. The molecule has 0 atom stereocenters. The van der Waals surface area contributed by atoms with E-state index >= 15 is 0 Å². The molecule has 0 aliphatic heterocycles. The van der Waals surface area contributed by atoms with Crippen LogP contribution in [0.3, 0.4) is 0 Å². The molecule has 0 bridgehead atoms. The summed E-state index contributed by atoms with van der Waals surface area (Å²) in [4.78, 5) is 2.40. The molecule has 1 nitrogen and oxygen atoms in total. The van der Waals surface area contributed by atoms with E-state index in [4.69, 9.17) is 11.6 Å². The zero-order valence-corrected chi connectivity index (χ0v) is 12.1. The van der Waals surface area contributed by atoms with Crippen molar-refractivity contribution in [2.75, 3.05) is 7.05 Å². The minimum atomic E-state index is 0.800. The maximum atomic E-state index is 6.25. The van der Waals surface area contributed by atoms with Crippen LogP contribution in [0.4, 0.5) is 0 Å². The Morgan fingerprint density at radius 1 is 1.06 bits per heavy atom. The largest absolute Gasteiger partial charge is 0.316 e. The minimum absolute atomic E-state index is 0.800. The summed E-state index contributed by atoms with van der Waals surface area (Å²) < 4.78 is 0. The first kappa shape index (κ1) is 13.5. The van der Waals surface area contributed by atoms with Gasteiger partial charge in [0.2, 0.25) is 0 Å². The molecule has 94 valence electrons. The average molecular weight is 278 g/mol. The Morgan fingerprint density at radius 3 is 2.33 bits per heavy atom. The summed E-state index contributed by atoms with van der Waals surface area (Å²) in [6, 6.07) is 14.7. The van der Waals surface area contributed by atoms with Gasteiger partial charge in [-0.1, -0.05) is 47.1 Å². The highest BCUT2D eigenvalue weighted by Crippen LogP contribution is 2.30. The summed E-state index contributed by atoms with van der Waals surface area (Å²) in [5.41, 5.74) is 2.41. The molecule has 0 heterocycles. The van der Waals surface area contributed by atoms with Crippen molar-refractivity contribution in [3.05, 3.63) is 58.6 Å². The summed E-state index contributed by atoms with van der Waals surface area (Å²) in [6.45, 7) is 2.90. The van der Waals surface area contributed by atoms with Crippen LogP contribution in [0.25, 0.3) is 0 Å². The van der Waals surface area contributed by atoms with E-state index in [-0.39, 0.29) is 0 Å². The van der Waals surface area contributed by atoms with E-state index in [0.717, 1.165) is 17.1 Å². The lowest BCUT2D eigenvalue weighted by Gasteiger charge is -2.07. The van der Waals surface area contributed by atoms with Crippen LogP contribution in [0, 0.1) is 6.92 Å². The first-order valence-corrected chi connectivity index (χ1v) is 7.06. The Kier molecular flexibility index (Phi) is 4.70. The fourth-order valence-corrected chi connectivity index (χ4v) is 2.84. The molecule has 0 spiro atoms. The van der Waals surface area contributed by atoms with Crippen LogP contribution >= 0.6 is 23.4 Å². The highest BCUT2D eigenvalue weighted by Gasteiger charge is 2.03. The van der Waals surface area contributed by atoms with Gasteiger partial charge in [-0.25, -0.2) is 0 Å². The fourth-order valence-electron chi connectivity index (χ4n) is 1.67. The number of aryl methyl sites for hydroxylation is 1. The molecule has 0 unspecified atom stereocenters. The van der Waals surface area contributed by atoms with Crippen molar-refractivity contribution in [2.24, 2.45) is 0 Å². The van der Waals surface area contributed by atoms with Gasteiger partial charge in [-0.2, -0.15) is 0 Å². The highest BCUT2D eigenvalue weighted by molar-refractivity contribution is 7.99. The van der Waals surface area contributed by atoms with Crippen molar-refractivity contribution in [1.82, 2.24) is 5.32 Å². The summed E-state index contributed by atoms with van der Waals surface area (Å²) in [7, 11) is 1.92. The van der Waals surface area contributed by atoms with Crippen LogP contribution in [0.2, 0.25) is 5.02 Å². The molecule has 2 aromatic rings. The number of hydrogen-bond acceptors (Lipinski definition) is 2. The molecule has 1 N–H and O–H groups in total. The molecule has 0 saturated heterocycles. The molecule has 0 fully saturated rings. The van der Waals surface area contributed by atoms with E-state index in [1.807, 2.05) is 13.1 Å². The lowest BCUT2D eigenvalue weighted by Crippen LogP contribution is -2.05. The number of nitrogens with one attached hydrogen (secondary N) is 1. The van der Waals surface area contributed by atoms with Gasteiger partial charge in [0.15, 0.2) is 0 Å². The zero-order valence-electron chi connectivity index (χ0n) is 10.5. The van der Waals surface area contributed by atoms with E-state index in [1.54, 1.807) is 11.8 Å². The predicted molar refractivity (Wildman–Crippen MR) is 79.5 cm³/mol. The maximum Gasteiger partial charge on any atom is 0.0462 e. The number of benzene rings is 2. The summed E-state index contributed by atoms with van der Waals surface area (Å²) in [5.74, 6) is 0. The van der Waals surface area contributed by atoms with E-state index in [2.05, 4.69) is 48.6 Å². The highest BCUT2D eigenvalue weighted by atomic mass is 35.5. The SMILES string of the molecule is CNCc1ccc(Sc2ccc(C)cc2)cc1Cl. The molecule has 0 aromatic heterocycles. The fraction of sp³-hybridized carbons (Fsp3) is 0.200. The van der Waals surface area contributed by atoms with Gasteiger partial charge in [-0.05, 0) is 43.8 Å². The third-order valence-electron chi connectivity index (χ3n) is 2.65. The topological polar surface area (TPSA) is 12.0 Å². The predicted octanol–water partition coefficient (Wildman–Crippen LogP) is 4.52. The van der Waals surface area contributed by atoms with E-state index in [0.29, 0.717) is 0 Å². The molecular formula is C15H16ClNS. The molecule has 18 heavy (non-hydrogen) atoms. The molecule has 2 rings (SSSR count). The molecule has 2 aromatic carbocycles. The van der Waals surface area contributed by atoms with E-state index in [1.165, 1.54) is 15.4 Å². The van der Waals surface area contributed by atoms with Crippen LogP contribution in [0.5, 0.6) is 0 Å². The van der Waals surface area contributed by atoms with Gasteiger partial charge in [0.25, 0.3) is 0 Å². The second kappa shape index (κ2) is 6.28. The lowest BCUT2D eigenvalue weighted by molar-refractivity contribution is 0.817. The molecule has 0 amide bonds. The second-order valence-electron chi connectivity index (χ2n) is 4.20. The van der Waals surface area contributed by atoms with E-state index < -0.39 is 0 Å². The van der Waals surface area contributed by atoms with Crippen molar-refractivity contribution in [2.45, 2.75) is 23.3 Å². The monoisotopic (exact) mass is 277 g/mol. The van der Waals surface area contributed by atoms with Gasteiger partial charge in [-0.15, -0.1) is 0 Å².